The largest absolute Gasteiger partial charge is 0.508 e. The summed E-state index contributed by atoms with van der Waals surface area (Å²) in [5, 5.41) is 20.9. The molecule has 0 aliphatic heterocycles. The van der Waals surface area contributed by atoms with Gasteiger partial charge in [0.05, 0.1) is 12.5 Å². The Balaban J connectivity index is 2.09. The van der Waals surface area contributed by atoms with Crippen molar-refractivity contribution in [1.82, 2.24) is 14.9 Å². The van der Waals surface area contributed by atoms with E-state index in [1.165, 1.54) is 29.2 Å². The lowest BCUT2D eigenvalue weighted by atomic mass is 10.1. The minimum Gasteiger partial charge on any atom is -0.508 e. The molecule has 0 fully saturated rings. The zero-order chi connectivity index (χ0) is 15.4. The van der Waals surface area contributed by atoms with E-state index in [0.717, 1.165) is 0 Å². The molecule has 0 unspecified atom stereocenters. The van der Waals surface area contributed by atoms with Gasteiger partial charge in [-0.25, -0.2) is 9.78 Å². The van der Waals surface area contributed by atoms with Gasteiger partial charge in [0, 0.05) is 13.5 Å². The fourth-order valence-electron chi connectivity index (χ4n) is 1.88. The molecule has 7 heteroatoms. The summed E-state index contributed by atoms with van der Waals surface area (Å²) in [7, 11) is 1.65. The molecule has 0 bridgehead atoms. The SMILES string of the molecule is Cn1cncc1C(=O)N[C@@H](Cc1ccc(O)cc1)C(=O)O. The first-order chi connectivity index (χ1) is 9.97. The fraction of sp³-hybridized carbons (Fsp3) is 0.214. The number of amides is 1. The number of hydrogen-bond acceptors (Lipinski definition) is 4. The van der Waals surface area contributed by atoms with Crippen LogP contribution in [0.15, 0.2) is 36.8 Å². The van der Waals surface area contributed by atoms with E-state index in [0.29, 0.717) is 5.56 Å². The molecule has 21 heavy (non-hydrogen) atoms. The Labute approximate surface area is 120 Å². The highest BCUT2D eigenvalue weighted by molar-refractivity contribution is 5.95. The van der Waals surface area contributed by atoms with Gasteiger partial charge in [0.25, 0.3) is 5.91 Å². The fourth-order valence-corrected chi connectivity index (χ4v) is 1.88. The first kappa shape index (κ1) is 14.6. The van der Waals surface area contributed by atoms with Crippen molar-refractivity contribution in [2.45, 2.75) is 12.5 Å². The van der Waals surface area contributed by atoms with E-state index in [4.69, 9.17) is 0 Å². The summed E-state index contributed by atoms with van der Waals surface area (Å²) in [6.45, 7) is 0. The predicted octanol–water partition coefficient (Wildman–Crippen LogP) is 0.551. The van der Waals surface area contributed by atoms with Crippen LogP contribution < -0.4 is 5.32 Å². The summed E-state index contributed by atoms with van der Waals surface area (Å²) in [6, 6.07) is 5.11. The molecule has 1 amide bonds. The first-order valence-electron chi connectivity index (χ1n) is 6.25. The molecule has 0 spiro atoms. The summed E-state index contributed by atoms with van der Waals surface area (Å²) in [5.74, 6) is -1.52. The van der Waals surface area contributed by atoms with Gasteiger partial charge in [-0.2, -0.15) is 0 Å². The molecule has 1 atom stereocenters. The lowest BCUT2D eigenvalue weighted by Gasteiger charge is -2.14. The van der Waals surface area contributed by atoms with E-state index in [9.17, 15) is 19.8 Å². The zero-order valence-corrected chi connectivity index (χ0v) is 11.4. The lowest BCUT2D eigenvalue weighted by molar-refractivity contribution is -0.139. The number of carboxylic acids is 1. The van der Waals surface area contributed by atoms with E-state index in [-0.39, 0.29) is 17.9 Å². The minimum atomic E-state index is -1.13. The Hall–Kier alpha value is -2.83. The molecule has 0 aliphatic rings. The number of hydrogen-bond donors (Lipinski definition) is 3. The van der Waals surface area contributed by atoms with Crippen LogP contribution >= 0.6 is 0 Å². The third-order valence-corrected chi connectivity index (χ3v) is 3.03. The summed E-state index contributed by atoms with van der Waals surface area (Å²) < 4.78 is 1.51. The van der Waals surface area contributed by atoms with Gasteiger partial charge in [-0.3, -0.25) is 4.79 Å². The van der Waals surface area contributed by atoms with Crippen molar-refractivity contribution in [2.75, 3.05) is 0 Å². The van der Waals surface area contributed by atoms with Crippen LogP contribution in [-0.4, -0.2) is 37.7 Å². The monoisotopic (exact) mass is 289 g/mol. The summed E-state index contributed by atoms with van der Waals surface area (Å²) >= 11 is 0. The molecule has 7 nitrogen and oxygen atoms in total. The number of aromatic hydroxyl groups is 1. The standard InChI is InChI=1S/C14H15N3O4/c1-17-8-15-7-12(17)13(19)16-11(14(20)21)6-9-2-4-10(18)5-3-9/h2-5,7-8,11,18H,6H2,1H3,(H,16,19)(H,20,21)/t11-/m0/s1. The van der Waals surface area contributed by atoms with Gasteiger partial charge in [0.15, 0.2) is 0 Å². The number of aliphatic carboxylic acids is 1. The van der Waals surface area contributed by atoms with Gasteiger partial charge >= 0.3 is 5.97 Å². The maximum absolute atomic E-state index is 12.0. The van der Waals surface area contributed by atoms with Crippen LogP contribution in [0.4, 0.5) is 0 Å². The maximum Gasteiger partial charge on any atom is 0.326 e. The van der Waals surface area contributed by atoms with E-state index in [2.05, 4.69) is 10.3 Å². The first-order valence-corrected chi connectivity index (χ1v) is 6.25. The number of nitrogens with one attached hydrogen (secondary N) is 1. The summed E-state index contributed by atoms with van der Waals surface area (Å²) in [4.78, 5) is 27.1. The van der Waals surface area contributed by atoms with Gasteiger partial charge in [-0.1, -0.05) is 12.1 Å². The molecular formula is C14H15N3O4. The number of imidazole rings is 1. The minimum absolute atomic E-state index is 0.101. The molecule has 110 valence electrons. The van der Waals surface area contributed by atoms with Crippen molar-refractivity contribution in [1.29, 1.82) is 0 Å². The van der Waals surface area contributed by atoms with E-state index in [1.54, 1.807) is 19.2 Å². The second-order valence-corrected chi connectivity index (χ2v) is 4.62. The summed E-state index contributed by atoms with van der Waals surface area (Å²) in [6.07, 6.45) is 2.96. The van der Waals surface area contributed by atoms with Gasteiger partial charge in [0.1, 0.15) is 17.5 Å². The van der Waals surface area contributed by atoms with Crippen molar-refractivity contribution in [3.8, 4) is 5.75 Å². The van der Waals surface area contributed by atoms with Crippen LogP contribution in [-0.2, 0) is 18.3 Å². The molecular weight excluding hydrogens is 274 g/mol. The number of carbonyl (C=O) groups is 2. The Kier molecular flexibility index (Phi) is 4.22. The lowest BCUT2D eigenvalue weighted by Crippen LogP contribution is -2.42. The predicted molar refractivity (Wildman–Crippen MR) is 73.9 cm³/mol. The van der Waals surface area contributed by atoms with E-state index in [1.807, 2.05) is 0 Å². The molecule has 1 aromatic carbocycles. The Morgan fingerprint density at radius 2 is 2.00 bits per heavy atom. The van der Waals surface area contributed by atoms with Crippen molar-refractivity contribution in [3.05, 3.63) is 48.0 Å². The van der Waals surface area contributed by atoms with E-state index >= 15 is 0 Å². The van der Waals surface area contributed by atoms with Crippen molar-refractivity contribution < 1.29 is 19.8 Å². The average molecular weight is 289 g/mol. The molecule has 0 aliphatic carbocycles. The highest BCUT2D eigenvalue weighted by Crippen LogP contribution is 2.11. The number of rotatable bonds is 5. The average Bonchev–Trinajstić information content (AvgIpc) is 2.86. The third kappa shape index (κ3) is 3.59. The Morgan fingerprint density at radius 3 is 2.52 bits per heavy atom. The van der Waals surface area contributed by atoms with Crippen LogP contribution in [0.3, 0.4) is 0 Å². The number of phenolic OH excluding ortho intramolecular Hbond substituents is 1. The van der Waals surface area contributed by atoms with E-state index < -0.39 is 17.9 Å². The molecule has 1 aromatic heterocycles. The van der Waals surface area contributed by atoms with Crippen molar-refractivity contribution >= 4 is 11.9 Å². The highest BCUT2D eigenvalue weighted by Gasteiger charge is 2.22. The molecule has 3 N–H and O–H groups in total. The zero-order valence-electron chi connectivity index (χ0n) is 11.4. The van der Waals surface area contributed by atoms with Crippen LogP contribution in [0.25, 0.3) is 0 Å². The molecule has 0 saturated heterocycles. The Morgan fingerprint density at radius 1 is 1.33 bits per heavy atom. The molecule has 0 saturated carbocycles. The Bertz CT molecular complexity index is 648. The van der Waals surface area contributed by atoms with Crippen LogP contribution in [0.2, 0.25) is 0 Å². The van der Waals surface area contributed by atoms with Gasteiger partial charge in [-0.15, -0.1) is 0 Å². The number of carboxylic acid groups (broad SMARTS) is 1. The maximum atomic E-state index is 12.0. The van der Waals surface area contributed by atoms with Crippen LogP contribution in [0.5, 0.6) is 5.75 Å². The normalized spacial score (nSPS) is 11.9. The van der Waals surface area contributed by atoms with Crippen molar-refractivity contribution in [3.63, 3.8) is 0 Å². The number of nitrogens with zero attached hydrogens (tertiary/aromatic N) is 2. The smallest absolute Gasteiger partial charge is 0.326 e. The topological polar surface area (TPSA) is 104 Å². The number of benzene rings is 1. The molecule has 1 heterocycles. The van der Waals surface area contributed by atoms with Crippen molar-refractivity contribution in [2.24, 2.45) is 7.05 Å². The van der Waals surface area contributed by atoms with Gasteiger partial charge in [-0.05, 0) is 17.7 Å². The number of aromatic nitrogens is 2. The van der Waals surface area contributed by atoms with Gasteiger partial charge < -0.3 is 20.1 Å². The number of aryl methyl sites for hydroxylation is 1. The molecule has 2 rings (SSSR count). The second kappa shape index (κ2) is 6.08. The third-order valence-electron chi connectivity index (χ3n) is 3.03. The second-order valence-electron chi connectivity index (χ2n) is 4.62. The number of phenols is 1. The highest BCUT2D eigenvalue weighted by atomic mass is 16.4. The number of carbonyl (C=O) groups excluding carboxylic acids is 1. The quantitative estimate of drug-likeness (QED) is 0.745. The van der Waals surface area contributed by atoms with Gasteiger partial charge in [0.2, 0.25) is 0 Å². The summed E-state index contributed by atoms with van der Waals surface area (Å²) in [5.41, 5.74) is 0.984. The van der Waals surface area contributed by atoms with Crippen LogP contribution in [0.1, 0.15) is 16.1 Å². The van der Waals surface area contributed by atoms with Crippen LogP contribution in [0, 0.1) is 0 Å². The molecule has 2 aromatic rings. The molecule has 0 radical (unpaired) electrons.